The zero-order valence-electron chi connectivity index (χ0n) is 13.9. The third-order valence-electron chi connectivity index (χ3n) is 3.84. The third kappa shape index (κ3) is 7.28. The summed E-state index contributed by atoms with van der Waals surface area (Å²) in [6, 6.07) is 6.13. The average molecular weight is 341 g/mol. The molecule has 0 unspecified atom stereocenters. The molecule has 1 aliphatic carbocycles. The van der Waals surface area contributed by atoms with Gasteiger partial charge in [0.25, 0.3) is 0 Å². The van der Waals surface area contributed by atoms with Crippen LogP contribution in [0.4, 0.5) is 5.82 Å². The summed E-state index contributed by atoms with van der Waals surface area (Å²) in [6.45, 7) is 3.11. The SMILES string of the molecule is C[C@@H](COCc1cccc(NS(C)(=O)=O)n1)NC1CCCCC1. The highest BCUT2D eigenvalue weighted by atomic mass is 32.2. The van der Waals surface area contributed by atoms with Crippen LogP contribution in [0, 0.1) is 0 Å². The van der Waals surface area contributed by atoms with Gasteiger partial charge in [-0.2, -0.15) is 0 Å². The number of pyridine rings is 1. The summed E-state index contributed by atoms with van der Waals surface area (Å²) in [7, 11) is -3.31. The largest absolute Gasteiger partial charge is 0.374 e. The van der Waals surface area contributed by atoms with E-state index in [1.165, 1.54) is 32.1 Å². The van der Waals surface area contributed by atoms with Crippen molar-refractivity contribution in [3.63, 3.8) is 0 Å². The number of nitrogens with one attached hydrogen (secondary N) is 2. The Labute approximate surface area is 139 Å². The fraction of sp³-hybridized carbons (Fsp3) is 0.688. The van der Waals surface area contributed by atoms with E-state index in [1.54, 1.807) is 12.1 Å². The molecule has 1 heterocycles. The van der Waals surface area contributed by atoms with Gasteiger partial charge in [0.2, 0.25) is 10.0 Å². The molecule has 23 heavy (non-hydrogen) atoms. The van der Waals surface area contributed by atoms with Crippen LogP contribution < -0.4 is 10.0 Å². The van der Waals surface area contributed by atoms with Crippen molar-refractivity contribution < 1.29 is 13.2 Å². The minimum absolute atomic E-state index is 0.301. The van der Waals surface area contributed by atoms with Gasteiger partial charge in [-0.15, -0.1) is 0 Å². The first-order chi connectivity index (χ1) is 10.9. The molecular formula is C16H27N3O3S. The molecule has 0 aliphatic heterocycles. The Morgan fingerprint density at radius 1 is 1.30 bits per heavy atom. The summed E-state index contributed by atoms with van der Waals surface area (Å²) in [5.41, 5.74) is 0.712. The molecule has 1 aliphatic rings. The van der Waals surface area contributed by atoms with Crippen molar-refractivity contribution in [1.29, 1.82) is 0 Å². The minimum atomic E-state index is -3.31. The van der Waals surface area contributed by atoms with E-state index in [2.05, 4.69) is 21.9 Å². The van der Waals surface area contributed by atoms with Crippen LogP contribution in [0.25, 0.3) is 0 Å². The topological polar surface area (TPSA) is 80.3 Å². The molecule has 0 aromatic carbocycles. The molecule has 0 radical (unpaired) electrons. The number of anilines is 1. The minimum Gasteiger partial charge on any atom is -0.374 e. The second-order valence-corrected chi connectivity index (χ2v) is 8.05. The average Bonchev–Trinajstić information content (AvgIpc) is 2.47. The molecular weight excluding hydrogens is 314 g/mol. The van der Waals surface area contributed by atoms with E-state index in [4.69, 9.17) is 4.74 Å². The predicted octanol–water partition coefficient (Wildman–Crippen LogP) is 2.28. The molecule has 1 fully saturated rings. The summed E-state index contributed by atoms with van der Waals surface area (Å²) in [6.07, 6.45) is 7.60. The van der Waals surface area contributed by atoms with E-state index in [1.807, 2.05) is 6.07 Å². The van der Waals surface area contributed by atoms with Crippen molar-refractivity contribution in [2.45, 2.75) is 57.7 Å². The lowest BCUT2D eigenvalue weighted by atomic mass is 9.95. The molecule has 7 heteroatoms. The quantitative estimate of drug-likeness (QED) is 0.758. The zero-order valence-corrected chi connectivity index (χ0v) is 14.7. The first-order valence-electron chi connectivity index (χ1n) is 8.20. The Bertz CT molecular complexity index is 586. The van der Waals surface area contributed by atoms with E-state index < -0.39 is 10.0 Å². The summed E-state index contributed by atoms with van der Waals surface area (Å²) >= 11 is 0. The molecule has 1 saturated carbocycles. The van der Waals surface area contributed by atoms with Crippen molar-refractivity contribution in [1.82, 2.24) is 10.3 Å². The summed E-state index contributed by atoms with van der Waals surface area (Å²) in [4.78, 5) is 4.23. The fourth-order valence-electron chi connectivity index (χ4n) is 2.87. The van der Waals surface area contributed by atoms with Gasteiger partial charge in [-0.05, 0) is 31.9 Å². The van der Waals surface area contributed by atoms with Gasteiger partial charge in [0.15, 0.2) is 0 Å². The highest BCUT2D eigenvalue weighted by Crippen LogP contribution is 2.17. The predicted molar refractivity (Wildman–Crippen MR) is 91.8 cm³/mol. The molecule has 1 aromatic rings. The lowest BCUT2D eigenvalue weighted by Gasteiger charge is -2.26. The standard InChI is InChI=1S/C16H27N3O3S/c1-13(17-14-7-4-3-5-8-14)11-22-12-15-9-6-10-16(18-15)19-23(2,20)21/h6,9-10,13-14,17H,3-5,7-8,11-12H2,1-2H3,(H,18,19)/t13-/m0/s1. The smallest absolute Gasteiger partial charge is 0.230 e. The Morgan fingerprint density at radius 2 is 2.04 bits per heavy atom. The molecule has 0 bridgehead atoms. The van der Waals surface area contributed by atoms with E-state index in [-0.39, 0.29) is 0 Å². The first kappa shape index (κ1) is 18.2. The van der Waals surface area contributed by atoms with Crippen LogP contribution in [0.2, 0.25) is 0 Å². The number of ether oxygens (including phenoxy) is 1. The van der Waals surface area contributed by atoms with Gasteiger partial charge in [0.1, 0.15) is 5.82 Å². The van der Waals surface area contributed by atoms with E-state index in [9.17, 15) is 8.42 Å². The van der Waals surface area contributed by atoms with E-state index in [0.29, 0.717) is 36.8 Å². The molecule has 1 aromatic heterocycles. The monoisotopic (exact) mass is 341 g/mol. The fourth-order valence-corrected chi connectivity index (χ4v) is 3.36. The highest BCUT2D eigenvalue weighted by molar-refractivity contribution is 7.92. The van der Waals surface area contributed by atoms with Crippen LogP contribution >= 0.6 is 0 Å². The van der Waals surface area contributed by atoms with Crippen molar-refractivity contribution in [3.05, 3.63) is 23.9 Å². The molecule has 0 saturated heterocycles. The number of sulfonamides is 1. The van der Waals surface area contributed by atoms with Crippen LogP contribution in [0.5, 0.6) is 0 Å². The maximum absolute atomic E-state index is 11.2. The molecule has 2 N–H and O–H groups in total. The van der Waals surface area contributed by atoms with Crippen LogP contribution in [0.15, 0.2) is 18.2 Å². The molecule has 6 nitrogen and oxygen atoms in total. The Balaban J connectivity index is 1.73. The zero-order chi connectivity index (χ0) is 16.7. The molecule has 1 atom stereocenters. The van der Waals surface area contributed by atoms with Crippen molar-refractivity contribution in [2.24, 2.45) is 0 Å². The number of rotatable bonds is 8. The lowest BCUT2D eigenvalue weighted by Crippen LogP contribution is -2.40. The number of hydrogen-bond donors (Lipinski definition) is 2. The van der Waals surface area contributed by atoms with E-state index >= 15 is 0 Å². The van der Waals surface area contributed by atoms with Crippen LogP contribution in [-0.2, 0) is 21.4 Å². The molecule has 0 amide bonds. The van der Waals surface area contributed by atoms with Crippen molar-refractivity contribution in [2.75, 3.05) is 17.6 Å². The Kier molecular flexibility index (Phi) is 6.80. The summed E-state index contributed by atoms with van der Waals surface area (Å²) in [5.74, 6) is 0.321. The first-order valence-corrected chi connectivity index (χ1v) is 10.1. The summed E-state index contributed by atoms with van der Waals surface area (Å²) < 4.78 is 30.5. The second kappa shape index (κ2) is 8.61. The van der Waals surface area contributed by atoms with Crippen LogP contribution in [0.3, 0.4) is 0 Å². The van der Waals surface area contributed by atoms with Crippen molar-refractivity contribution in [3.8, 4) is 0 Å². The van der Waals surface area contributed by atoms with Gasteiger partial charge in [0.05, 0.1) is 25.2 Å². The van der Waals surface area contributed by atoms with Gasteiger partial charge in [-0.1, -0.05) is 25.3 Å². The molecule has 2 rings (SSSR count). The van der Waals surface area contributed by atoms with Gasteiger partial charge < -0.3 is 10.1 Å². The van der Waals surface area contributed by atoms with Crippen LogP contribution in [-0.4, -0.2) is 38.3 Å². The maximum atomic E-state index is 11.2. The third-order valence-corrected chi connectivity index (χ3v) is 4.42. The normalized spacial score (nSPS) is 17.8. The van der Waals surface area contributed by atoms with Crippen molar-refractivity contribution >= 4 is 15.8 Å². The van der Waals surface area contributed by atoms with Crippen LogP contribution in [0.1, 0.15) is 44.7 Å². The Morgan fingerprint density at radius 3 is 2.74 bits per heavy atom. The number of aromatic nitrogens is 1. The second-order valence-electron chi connectivity index (χ2n) is 6.31. The van der Waals surface area contributed by atoms with E-state index in [0.717, 1.165) is 6.26 Å². The lowest BCUT2D eigenvalue weighted by molar-refractivity contribution is 0.0954. The Hall–Kier alpha value is -1.18. The maximum Gasteiger partial charge on any atom is 0.230 e. The summed E-state index contributed by atoms with van der Waals surface area (Å²) in [5, 5.41) is 3.61. The van der Waals surface area contributed by atoms with Gasteiger partial charge in [-0.25, -0.2) is 13.4 Å². The number of nitrogens with zero attached hydrogens (tertiary/aromatic N) is 1. The van der Waals surface area contributed by atoms with Gasteiger partial charge in [-0.3, -0.25) is 4.72 Å². The number of hydrogen-bond acceptors (Lipinski definition) is 5. The van der Waals surface area contributed by atoms with Gasteiger partial charge in [0, 0.05) is 12.1 Å². The molecule has 130 valence electrons. The highest BCUT2D eigenvalue weighted by Gasteiger charge is 2.15. The molecule has 0 spiro atoms. The van der Waals surface area contributed by atoms with Gasteiger partial charge >= 0.3 is 0 Å².